The van der Waals surface area contributed by atoms with Crippen LogP contribution in [0.2, 0.25) is 0 Å². The number of methoxy groups -OCH3 is 1. The molecule has 1 N–H and O–H groups in total. The topological polar surface area (TPSA) is 50.8 Å². The van der Waals surface area contributed by atoms with Gasteiger partial charge in [0.15, 0.2) is 0 Å². The molecule has 2 aliphatic rings. The Morgan fingerprint density at radius 3 is 2.60 bits per heavy atom. The Balaban J connectivity index is 1.32. The molecule has 30 heavy (non-hydrogen) atoms. The van der Waals surface area contributed by atoms with Crippen LogP contribution in [0, 0.1) is 5.92 Å². The maximum atomic E-state index is 13.0. The third-order valence-corrected chi connectivity index (χ3v) is 6.15. The van der Waals surface area contributed by atoms with Crippen LogP contribution in [0.25, 0.3) is 0 Å². The van der Waals surface area contributed by atoms with E-state index >= 15 is 0 Å². The molecule has 0 spiro atoms. The molecule has 1 atom stereocenters. The van der Waals surface area contributed by atoms with Gasteiger partial charge in [0.2, 0.25) is 0 Å². The lowest BCUT2D eigenvalue weighted by Gasteiger charge is -2.24. The number of ether oxygens (including phenoxy) is 2. The van der Waals surface area contributed by atoms with Gasteiger partial charge >= 0.3 is 0 Å². The quantitative estimate of drug-likeness (QED) is 0.612. The first-order valence-corrected chi connectivity index (χ1v) is 10.9. The van der Waals surface area contributed by atoms with Gasteiger partial charge in [-0.1, -0.05) is 18.2 Å². The van der Waals surface area contributed by atoms with Crippen molar-refractivity contribution in [3.8, 4) is 5.75 Å². The Morgan fingerprint density at radius 1 is 1.10 bits per heavy atom. The normalized spacial score (nSPS) is 17.6. The molecule has 160 valence electrons. The maximum absolute atomic E-state index is 13.0. The van der Waals surface area contributed by atoms with E-state index in [0.29, 0.717) is 6.61 Å². The number of hydrogen-bond donors (Lipinski definition) is 1. The van der Waals surface area contributed by atoms with Crippen LogP contribution < -0.4 is 10.1 Å². The number of carbonyl (C=O) groups is 1. The van der Waals surface area contributed by atoms with Crippen LogP contribution in [0.4, 0.5) is 0 Å². The second-order valence-electron chi connectivity index (χ2n) is 8.53. The smallest absolute Gasteiger partial charge is 0.253 e. The van der Waals surface area contributed by atoms with Crippen molar-refractivity contribution >= 4 is 5.91 Å². The maximum Gasteiger partial charge on any atom is 0.253 e. The van der Waals surface area contributed by atoms with Gasteiger partial charge < -0.3 is 19.7 Å². The average molecular weight is 409 g/mol. The number of nitrogens with one attached hydrogen (secondary N) is 1. The summed E-state index contributed by atoms with van der Waals surface area (Å²) in [4.78, 5) is 14.9. The SMILES string of the molecule is COCCNCc1ccc2c(c1)C[C@H](N(C)C(=O)c1ccc(OCC3CC3)cc1)C2. The lowest BCUT2D eigenvalue weighted by Crippen LogP contribution is -2.37. The molecule has 0 saturated heterocycles. The summed E-state index contributed by atoms with van der Waals surface area (Å²) < 4.78 is 10.9. The fraction of sp³-hybridized carbons (Fsp3) is 0.480. The van der Waals surface area contributed by atoms with Crippen molar-refractivity contribution in [2.24, 2.45) is 5.92 Å². The fourth-order valence-corrected chi connectivity index (χ4v) is 4.00. The molecule has 0 heterocycles. The zero-order chi connectivity index (χ0) is 20.9. The van der Waals surface area contributed by atoms with Gasteiger partial charge in [-0.05, 0) is 72.6 Å². The van der Waals surface area contributed by atoms with Gasteiger partial charge in [-0.3, -0.25) is 4.79 Å². The number of nitrogens with zero attached hydrogens (tertiary/aromatic N) is 1. The second-order valence-corrected chi connectivity index (χ2v) is 8.53. The zero-order valence-corrected chi connectivity index (χ0v) is 18.0. The molecule has 2 aromatic rings. The van der Waals surface area contributed by atoms with Crippen molar-refractivity contribution in [3.63, 3.8) is 0 Å². The van der Waals surface area contributed by atoms with Crippen molar-refractivity contribution in [3.05, 3.63) is 64.7 Å². The highest BCUT2D eigenvalue weighted by Crippen LogP contribution is 2.30. The number of rotatable bonds is 10. The standard InChI is InChI=1S/C25H32N2O3/c1-27(25(28)20-7-9-24(10-8-20)30-17-18-3-4-18)23-14-21-6-5-19(13-22(21)15-23)16-26-11-12-29-2/h5-10,13,18,23,26H,3-4,11-12,14-17H2,1-2H3/t23-/m1/s1. The van der Waals surface area contributed by atoms with Gasteiger partial charge in [0.1, 0.15) is 5.75 Å². The summed E-state index contributed by atoms with van der Waals surface area (Å²) in [7, 11) is 3.63. The van der Waals surface area contributed by atoms with E-state index in [1.807, 2.05) is 36.2 Å². The molecule has 1 fully saturated rings. The van der Waals surface area contributed by atoms with Crippen molar-refractivity contribution in [2.75, 3.05) is 33.9 Å². The van der Waals surface area contributed by atoms with Gasteiger partial charge in [-0.15, -0.1) is 0 Å². The van der Waals surface area contributed by atoms with Gasteiger partial charge in [-0.25, -0.2) is 0 Å². The monoisotopic (exact) mass is 408 g/mol. The van der Waals surface area contributed by atoms with Gasteiger partial charge in [0.05, 0.1) is 13.2 Å². The van der Waals surface area contributed by atoms with E-state index in [-0.39, 0.29) is 11.9 Å². The summed E-state index contributed by atoms with van der Waals surface area (Å²) in [6, 6.07) is 14.5. The molecule has 2 aromatic carbocycles. The van der Waals surface area contributed by atoms with E-state index in [0.717, 1.165) is 49.8 Å². The summed E-state index contributed by atoms with van der Waals surface area (Å²) in [5, 5.41) is 3.39. The van der Waals surface area contributed by atoms with Crippen molar-refractivity contribution in [1.82, 2.24) is 10.2 Å². The first-order valence-electron chi connectivity index (χ1n) is 10.9. The third-order valence-electron chi connectivity index (χ3n) is 6.15. The summed E-state index contributed by atoms with van der Waals surface area (Å²) >= 11 is 0. The largest absolute Gasteiger partial charge is 0.493 e. The zero-order valence-electron chi connectivity index (χ0n) is 18.0. The second kappa shape index (κ2) is 9.63. The van der Waals surface area contributed by atoms with E-state index in [1.165, 1.54) is 29.5 Å². The van der Waals surface area contributed by atoms with E-state index in [2.05, 4.69) is 23.5 Å². The number of likely N-dealkylation sites (N-methyl/N-ethyl adjacent to an activating group) is 1. The van der Waals surface area contributed by atoms with Crippen LogP contribution in [0.1, 0.15) is 39.9 Å². The van der Waals surface area contributed by atoms with E-state index < -0.39 is 0 Å². The minimum atomic E-state index is 0.0722. The summed E-state index contributed by atoms with van der Waals surface area (Å²) in [6.45, 7) is 3.19. The highest BCUT2D eigenvalue weighted by Gasteiger charge is 2.28. The number of amides is 1. The van der Waals surface area contributed by atoms with Gasteiger partial charge in [0, 0.05) is 38.9 Å². The van der Waals surface area contributed by atoms with E-state index in [4.69, 9.17) is 9.47 Å². The minimum Gasteiger partial charge on any atom is -0.493 e. The number of benzene rings is 2. The lowest BCUT2D eigenvalue weighted by molar-refractivity contribution is 0.0737. The number of hydrogen-bond acceptors (Lipinski definition) is 4. The predicted molar refractivity (Wildman–Crippen MR) is 118 cm³/mol. The molecule has 0 aromatic heterocycles. The third kappa shape index (κ3) is 5.21. The highest BCUT2D eigenvalue weighted by molar-refractivity contribution is 5.94. The molecule has 4 rings (SSSR count). The van der Waals surface area contributed by atoms with Crippen LogP contribution in [0.3, 0.4) is 0 Å². The van der Waals surface area contributed by atoms with Crippen molar-refractivity contribution < 1.29 is 14.3 Å². The van der Waals surface area contributed by atoms with Crippen LogP contribution >= 0.6 is 0 Å². The van der Waals surface area contributed by atoms with Crippen LogP contribution in [-0.2, 0) is 24.1 Å². The molecule has 5 heteroatoms. The summed E-state index contributed by atoms with van der Waals surface area (Å²) in [6.07, 6.45) is 4.37. The Bertz CT molecular complexity index is 861. The molecule has 2 aliphatic carbocycles. The fourth-order valence-electron chi connectivity index (χ4n) is 4.00. The summed E-state index contributed by atoms with van der Waals surface area (Å²) in [5.41, 5.74) is 4.70. The molecule has 0 bridgehead atoms. The predicted octanol–water partition coefficient (Wildman–Crippen LogP) is 3.45. The van der Waals surface area contributed by atoms with Gasteiger partial charge in [0.25, 0.3) is 5.91 Å². The van der Waals surface area contributed by atoms with Crippen LogP contribution in [-0.4, -0.2) is 50.8 Å². The molecular weight excluding hydrogens is 376 g/mol. The first-order chi connectivity index (χ1) is 14.6. The average Bonchev–Trinajstić information content (AvgIpc) is 3.51. The highest BCUT2D eigenvalue weighted by atomic mass is 16.5. The van der Waals surface area contributed by atoms with Crippen molar-refractivity contribution in [1.29, 1.82) is 0 Å². The number of carbonyl (C=O) groups excluding carboxylic acids is 1. The van der Waals surface area contributed by atoms with E-state index in [1.54, 1.807) is 7.11 Å². The molecule has 0 radical (unpaired) electrons. The molecule has 0 unspecified atom stereocenters. The molecule has 5 nitrogen and oxygen atoms in total. The van der Waals surface area contributed by atoms with E-state index in [9.17, 15) is 4.79 Å². The Morgan fingerprint density at radius 2 is 1.87 bits per heavy atom. The van der Waals surface area contributed by atoms with Crippen LogP contribution in [0.5, 0.6) is 5.75 Å². The molecule has 1 saturated carbocycles. The van der Waals surface area contributed by atoms with Crippen LogP contribution in [0.15, 0.2) is 42.5 Å². The minimum absolute atomic E-state index is 0.0722. The number of fused-ring (bicyclic) bond motifs is 1. The molecular formula is C25H32N2O3. The van der Waals surface area contributed by atoms with Gasteiger partial charge in [-0.2, -0.15) is 0 Å². The summed E-state index contributed by atoms with van der Waals surface area (Å²) in [5.74, 6) is 1.65. The molecule has 1 amide bonds. The van der Waals surface area contributed by atoms with Crippen molar-refractivity contribution in [2.45, 2.75) is 38.3 Å². The molecule has 0 aliphatic heterocycles. The Labute approximate surface area is 179 Å². The Kier molecular flexibility index (Phi) is 6.70. The first kappa shape index (κ1) is 20.9. The lowest BCUT2D eigenvalue weighted by atomic mass is 10.1. The Hall–Kier alpha value is -2.37.